The van der Waals surface area contributed by atoms with Crippen LogP contribution in [0.1, 0.15) is 12.8 Å². The number of hydrogen-bond acceptors (Lipinski definition) is 2. The molecule has 6 heteroatoms. The molecule has 1 unspecified atom stereocenters. The van der Waals surface area contributed by atoms with Crippen molar-refractivity contribution in [2.24, 2.45) is 5.92 Å². The molecule has 20 heavy (non-hydrogen) atoms. The van der Waals surface area contributed by atoms with E-state index >= 15 is 0 Å². The van der Waals surface area contributed by atoms with Gasteiger partial charge in [-0.15, -0.1) is 0 Å². The van der Waals surface area contributed by atoms with E-state index in [9.17, 15) is 4.39 Å². The molecule has 1 aliphatic rings. The average molecular weight is 316 g/mol. The Morgan fingerprint density at radius 1 is 1.55 bits per heavy atom. The zero-order chi connectivity index (χ0) is 14.5. The highest BCUT2D eigenvalue weighted by Gasteiger charge is 2.17. The van der Waals surface area contributed by atoms with E-state index in [1.165, 1.54) is 31.5 Å². The fourth-order valence-corrected chi connectivity index (χ4v) is 2.81. The molecule has 1 saturated heterocycles. The van der Waals surface area contributed by atoms with Gasteiger partial charge in [0.05, 0.1) is 5.02 Å². The number of benzene rings is 1. The highest BCUT2D eigenvalue weighted by molar-refractivity contribution is 7.80. The van der Waals surface area contributed by atoms with E-state index < -0.39 is 5.82 Å². The molecule has 1 aliphatic heterocycles. The zero-order valence-electron chi connectivity index (χ0n) is 11.5. The monoisotopic (exact) mass is 315 g/mol. The summed E-state index contributed by atoms with van der Waals surface area (Å²) in [4.78, 5) is 2.34. The predicted octanol–water partition coefficient (Wildman–Crippen LogP) is 3.11. The van der Waals surface area contributed by atoms with E-state index in [4.69, 9.17) is 23.8 Å². The number of nitrogens with one attached hydrogen (secondary N) is 2. The second kappa shape index (κ2) is 7.20. The van der Waals surface area contributed by atoms with E-state index in [1.54, 1.807) is 6.07 Å². The zero-order valence-corrected chi connectivity index (χ0v) is 13.0. The third-order valence-electron chi connectivity index (χ3n) is 3.45. The summed E-state index contributed by atoms with van der Waals surface area (Å²) in [6.07, 6.45) is 2.46. The largest absolute Gasteiger partial charge is 0.362 e. The molecule has 110 valence electrons. The molecule has 1 heterocycles. The summed E-state index contributed by atoms with van der Waals surface area (Å²) in [5.41, 5.74) is 0.690. The van der Waals surface area contributed by atoms with Gasteiger partial charge in [-0.1, -0.05) is 11.6 Å². The number of thiocarbonyl (C=S) groups is 1. The molecule has 2 N–H and O–H groups in total. The van der Waals surface area contributed by atoms with Crippen molar-refractivity contribution in [1.82, 2.24) is 10.2 Å². The fraction of sp³-hybridized carbons (Fsp3) is 0.500. The van der Waals surface area contributed by atoms with Crippen molar-refractivity contribution in [3.05, 3.63) is 29.0 Å². The highest BCUT2D eigenvalue weighted by Crippen LogP contribution is 2.19. The van der Waals surface area contributed by atoms with Gasteiger partial charge in [0.25, 0.3) is 0 Å². The Balaban J connectivity index is 1.78. The van der Waals surface area contributed by atoms with Gasteiger partial charge in [0.1, 0.15) is 5.82 Å². The summed E-state index contributed by atoms with van der Waals surface area (Å²) < 4.78 is 13.1. The SMILES string of the molecule is CN1CCCC(CNC(=S)Nc2ccc(F)c(Cl)c2)C1. The first-order valence-electron chi connectivity index (χ1n) is 6.73. The molecule has 0 aliphatic carbocycles. The van der Waals surface area contributed by atoms with E-state index in [2.05, 4.69) is 22.6 Å². The van der Waals surface area contributed by atoms with Crippen LogP contribution in [0.25, 0.3) is 0 Å². The molecule has 0 bridgehead atoms. The summed E-state index contributed by atoms with van der Waals surface area (Å²) >= 11 is 11.0. The lowest BCUT2D eigenvalue weighted by molar-refractivity contribution is 0.211. The van der Waals surface area contributed by atoms with Gasteiger partial charge >= 0.3 is 0 Å². The maximum absolute atomic E-state index is 13.1. The van der Waals surface area contributed by atoms with Crippen LogP contribution in [0.3, 0.4) is 0 Å². The van der Waals surface area contributed by atoms with Crippen molar-refractivity contribution in [2.45, 2.75) is 12.8 Å². The first-order valence-corrected chi connectivity index (χ1v) is 7.51. The lowest BCUT2D eigenvalue weighted by Gasteiger charge is -2.30. The van der Waals surface area contributed by atoms with Crippen molar-refractivity contribution in [2.75, 3.05) is 32.0 Å². The maximum Gasteiger partial charge on any atom is 0.170 e. The van der Waals surface area contributed by atoms with Crippen molar-refractivity contribution in [3.63, 3.8) is 0 Å². The Hall–Kier alpha value is -0.910. The first kappa shape index (κ1) is 15.5. The summed E-state index contributed by atoms with van der Waals surface area (Å²) in [6.45, 7) is 3.12. The highest BCUT2D eigenvalue weighted by atomic mass is 35.5. The Bertz CT molecular complexity index is 483. The van der Waals surface area contributed by atoms with Gasteiger partial charge < -0.3 is 15.5 Å². The second-order valence-electron chi connectivity index (χ2n) is 5.23. The molecule has 1 aromatic rings. The molecule has 1 atom stereocenters. The molecule has 2 rings (SSSR count). The number of nitrogens with zero attached hydrogens (tertiary/aromatic N) is 1. The molecule has 0 spiro atoms. The van der Waals surface area contributed by atoms with E-state index in [0.29, 0.717) is 16.7 Å². The van der Waals surface area contributed by atoms with Crippen molar-refractivity contribution < 1.29 is 4.39 Å². The molecule has 0 aromatic heterocycles. The number of rotatable bonds is 3. The third kappa shape index (κ3) is 4.58. The summed E-state index contributed by atoms with van der Waals surface area (Å²) in [7, 11) is 2.14. The molecule has 0 saturated carbocycles. The topological polar surface area (TPSA) is 27.3 Å². The Labute approximate surface area is 129 Å². The normalized spacial score (nSPS) is 19.6. The Morgan fingerprint density at radius 2 is 2.35 bits per heavy atom. The number of halogens is 2. The second-order valence-corrected chi connectivity index (χ2v) is 6.05. The van der Waals surface area contributed by atoms with Gasteiger partial charge in [-0.05, 0) is 62.8 Å². The summed E-state index contributed by atoms with van der Waals surface area (Å²) in [5.74, 6) is 0.187. The Kier molecular flexibility index (Phi) is 5.57. The number of anilines is 1. The number of piperidine rings is 1. The molecule has 3 nitrogen and oxygen atoms in total. The van der Waals surface area contributed by atoms with Gasteiger partial charge in [-0.3, -0.25) is 0 Å². The van der Waals surface area contributed by atoms with Crippen LogP contribution < -0.4 is 10.6 Å². The fourth-order valence-electron chi connectivity index (χ4n) is 2.43. The van der Waals surface area contributed by atoms with Crippen LogP contribution in [0.15, 0.2) is 18.2 Å². The van der Waals surface area contributed by atoms with Crippen LogP contribution in [-0.4, -0.2) is 36.7 Å². The minimum absolute atomic E-state index is 0.0895. The van der Waals surface area contributed by atoms with E-state index in [-0.39, 0.29) is 5.02 Å². The van der Waals surface area contributed by atoms with Crippen LogP contribution in [0.4, 0.5) is 10.1 Å². The molecule has 0 radical (unpaired) electrons. The quantitative estimate of drug-likeness (QED) is 0.838. The number of hydrogen-bond donors (Lipinski definition) is 2. The number of likely N-dealkylation sites (tertiary alicyclic amines) is 1. The van der Waals surface area contributed by atoms with Crippen LogP contribution in [0.2, 0.25) is 5.02 Å². The Morgan fingerprint density at radius 3 is 3.05 bits per heavy atom. The van der Waals surface area contributed by atoms with Crippen LogP contribution in [0, 0.1) is 11.7 Å². The minimum atomic E-state index is -0.429. The van der Waals surface area contributed by atoms with Crippen molar-refractivity contribution in [3.8, 4) is 0 Å². The van der Waals surface area contributed by atoms with Crippen LogP contribution >= 0.6 is 23.8 Å². The van der Waals surface area contributed by atoms with E-state index in [1.807, 2.05) is 0 Å². The predicted molar refractivity (Wildman–Crippen MR) is 85.9 cm³/mol. The standard InChI is InChI=1S/C14H19ClFN3S/c1-19-6-2-3-10(9-19)8-17-14(20)18-11-4-5-13(16)12(15)7-11/h4-5,7,10H,2-3,6,8-9H2,1H3,(H2,17,18,20). The summed E-state index contributed by atoms with van der Waals surface area (Å²) in [5, 5.41) is 6.86. The van der Waals surface area contributed by atoms with Gasteiger partial charge in [0, 0.05) is 18.8 Å². The molecule has 0 amide bonds. The van der Waals surface area contributed by atoms with Crippen molar-refractivity contribution >= 4 is 34.6 Å². The van der Waals surface area contributed by atoms with Gasteiger partial charge in [0.2, 0.25) is 0 Å². The minimum Gasteiger partial charge on any atom is -0.362 e. The lowest BCUT2D eigenvalue weighted by Crippen LogP contribution is -2.40. The van der Waals surface area contributed by atoms with Crippen LogP contribution in [0.5, 0.6) is 0 Å². The molecular weight excluding hydrogens is 297 g/mol. The third-order valence-corrected chi connectivity index (χ3v) is 3.99. The average Bonchev–Trinajstić information content (AvgIpc) is 2.41. The van der Waals surface area contributed by atoms with Gasteiger partial charge in [0.15, 0.2) is 5.11 Å². The van der Waals surface area contributed by atoms with Crippen molar-refractivity contribution in [1.29, 1.82) is 0 Å². The molecular formula is C14H19ClFN3S. The van der Waals surface area contributed by atoms with Gasteiger partial charge in [-0.2, -0.15) is 0 Å². The molecule has 1 fully saturated rings. The van der Waals surface area contributed by atoms with Crippen LogP contribution in [-0.2, 0) is 0 Å². The smallest absolute Gasteiger partial charge is 0.170 e. The lowest BCUT2D eigenvalue weighted by atomic mass is 9.99. The van der Waals surface area contributed by atoms with Gasteiger partial charge in [-0.25, -0.2) is 4.39 Å². The summed E-state index contributed by atoms with van der Waals surface area (Å²) in [6, 6.07) is 4.46. The first-order chi connectivity index (χ1) is 9.54. The van der Waals surface area contributed by atoms with E-state index in [0.717, 1.165) is 13.1 Å². The maximum atomic E-state index is 13.1. The molecule has 1 aromatic carbocycles.